The van der Waals surface area contributed by atoms with E-state index >= 15 is 0 Å². The molecule has 0 aliphatic heterocycles. The number of rotatable bonds is 21. The van der Waals surface area contributed by atoms with Crippen molar-refractivity contribution >= 4 is 12.0 Å². The van der Waals surface area contributed by atoms with Gasteiger partial charge in [0.2, 0.25) is 0 Å². The number of aldehydes is 1. The predicted octanol–water partition coefficient (Wildman–Crippen LogP) is 13.4. The van der Waals surface area contributed by atoms with Crippen molar-refractivity contribution in [2.45, 2.75) is 165 Å². The van der Waals surface area contributed by atoms with Gasteiger partial charge in [0.25, 0.3) is 0 Å². The molecule has 2 atom stereocenters. The van der Waals surface area contributed by atoms with Gasteiger partial charge in [0.15, 0.2) is 0 Å². The molecule has 1 fully saturated rings. The van der Waals surface area contributed by atoms with Crippen molar-refractivity contribution in [2.75, 3.05) is 25.1 Å². The lowest BCUT2D eigenvalue weighted by Gasteiger charge is -2.24. The number of aromatic nitrogens is 1. The topological polar surface area (TPSA) is 51.7 Å². The number of benzene rings is 1. The molecule has 3 rings (SSSR count). The van der Waals surface area contributed by atoms with Gasteiger partial charge in [0, 0.05) is 38.2 Å². The average molecular weight is 693 g/mol. The zero-order valence-corrected chi connectivity index (χ0v) is 34.2. The molecule has 2 unspecified atom stereocenters. The van der Waals surface area contributed by atoms with Crippen LogP contribution < -0.4 is 9.64 Å². The Bertz CT molecular complexity index is 1130. The third kappa shape index (κ3) is 19.9. The largest absolute Gasteiger partial charge is 0.494 e. The monoisotopic (exact) mass is 693 g/mol. The quantitative estimate of drug-likeness (QED) is 0.0963. The zero-order chi connectivity index (χ0) is 37.6. The van der Waals surface area contributed by atoms with E-state index in [4.69, 9.17) is 9.47 Å². The molecule has 1 aliphatic carbocycles. The Kier molecular flexibility index (Phi) is 28.8. The van der Waals surface area contributed by atoms with Gasteiger partial charge in [-0.15, -0.1) is 0 Å². The Hall–Kier alpha value is -3.08. The van der Waals surface area contributed by atoms with E-state index in [2.05, 4.69) is 82.7 Å². The molecular formula is C45H76N2O3. The number of ether oxygens (including phenoxy) is 2. The summed E-state index contributed by atoms with van der Waals surface area (Å²) in [6.07, 6.45) is 25.6. The van der Waals surface area contributed by atoms with Crippen LogP contribution in [-0.4, -0.2) is 31.5 Å². The van der Waals surface area contributed by atoms with Crippen molar-refractivity contribution in [1.29, 1.82) is 0 Å². The lowest BCUT2D eigenvalue weighted by molar-refractivity contribution is -0.107. The molecule has 0 amide bonds. The molecule has 5 heteroatoms. The molecule has 1 heterocycles. The first kappa shape index (κ1) is 46.9. The number of hydrogen-bond donors (Lipinski definition) is 0. The Morgan fingerprint density at radius 3 is 2.30 bits per heavy atom. The highest BCUT2D eigenvalue weighted by atomic mass is 16.5. The van der Waals surface area contributed by atoms with Crippen LogP contribution in [0, 0.1) is 5.92 Å². The first-order valence-corrected chi connectivity index (χ1v) is 20.1. The maximum Gasteiger partial charge on any atom is 0.123 e. The molecule has 0 spiro atoms. The number of carbonyl (C=O) groups excluding carboxylic acids is 1. The van der Waals surface area contributed by atoms with E-state index in [1.165, 1.54) is 80.4 Å². The van der Waals surface area contributed by atoms with E-state index in [9.17, 15) is 4.79 Å². The standard InChI is InChI=1S/C30H48O2.C10H16N2.C3H6O.C2H6/c1-7-12-14-28(32-19-9-3)18-15-23(6)20-24(10-4)27-21-26(13-8-2)30(25-16-17-25)29(22-27)31-11-5;1-3-4-8-12(2)10-6-5-7-11-9-10;1-2-3-4;1-2/h9,14,19,21-25H,7-8,10-13,15-18,20H2,1-6H3;5-7,9H,3-4,8H2,1-2H3;3H,2H2,1H3;1-2H3/b19-9-,28-14-;;;. The van der Waals surface area contributed by atoms with Crippen LogP contribution in [0.5, 0.6) is 5.75 Å². The van der Waals surface area contributed by atoms with Crippen molar-refractivity contribution in [1.82, 2.24) is 4.98 Å². The normalized spacial score (nSPS) is 13.5. The second-order valence-electron chi connectivity index (χ2n) is 13.1. The maximum absolute atomic E-state index is 9.17. The predicted molar refractivity (Wildman–Crippen MR) is 219 cm³/mol. The smallest absolute Gasteiger partial charge is 0.123 e. The minimum Gasteiger partial charge on any atom is -0.494 e. The van der Waals surface area contributed by atoms with Crippen molar-refractivity contribution in [3.8, 4) is 5.75 Å². The molecule has 1 aromatic heterocycles. The summed E-state index contributed by atoms with van der Waals surface area (Å²) in [7, 11) is 2.10. The highest BCUT2D eigenvalue weighted by Crippen LogP contribution is 2.48. The molecule has 1 aromatic carbocycles. The summed E-state index contributed by atoms with van der Waals surface area (Å²) in [6.45, 7) is 23.3. The van der Waals surface area contributed by atoms with Crippen molar-refractivity contribution in [2.24, 2.45) is 5.92 Å². The number of carbonyl (C=O) groups is 1. The number of pyridine rings is 1. The number of nitrogens with zero attached hydrogens (tertiary/aromatic N) is 2. The summed E-state index contributed by atoms with van der Waals surface area (Å²) in [6, 6.07) is 8.97. The summed E-state index contributed by atoms with van der Waals surface area (Å²) in [5.41, 5.74) is 5.76. The Morgan fingerprint density at radius 1 is 1.06 bits per heavy atom. The van der Waals surface area contributed by atoms with Gasteiger partial charge in [-0.25, -0.2) is 0 Å². The highest BCUT2D eigenvalue weighted by molar-refractivity contribution is 5.49. The Morgan fingerprint density at radius 2 is 1.78 bits per heavy atom. The molecular weight excluding hydrogens is 617 g/mol. The number of hydrogen-bond acceptors (Lipinski definition) is 5. The van der Waals surface area contributed by atoms with E-state index in [1.807, 2.05) is 52.3 Å². The molecule has 0 bridgehead atoms. The summed E-state index contributed by atoms with van der Waals surface area (Å²) in [5, 5.41) is 0. The Balaban J connectivity index is 0.00000110. The molecule has 0 saturated heterocycles. The van der Waals surface area contributed by atoms with E-state index in [1.54, 1.807) is 11.8 Å². The van der Waals surface area contributed by atoms with Gasteiger partial charge in [0.05, 0.1) is 30.5 Å². The number of aryl methyl sites for hydroxylation is 1. The number of anilines is 1. The molecule has 2 aromatic rings. The van der Waals surface area contributed by atoms with Crippen LogP contribution in [0.1, 0.15) is 175 Å². The van der Waals surface area contributed by atoms with Crippen LogP contribution in [-0.2, 0) is 16.0 Å². The third-order valence-electron chi connectivity index (χ3n) is 8.71. The van der Waals surface area contributed by atoms with Crippen molar-refractivity contribution in [3.05, 3.63) is 77.5 Å². The number of unbranched alkanes of at least 4 members (excludes halogenated alkanes) is 2. The van der Waals surface area contributed by atoms with Crippen molar-refractivity contribution in [3.63, 3.8) is 0 Å². The minimum absolute atomic E-state index is 0.590. The second kappa shape index (κ2) is 30.7. The van der Waals surface area contributed by atoms with Gasteiger partial charge in [-0.2, -0.15) is 0 Å². The molecule has 0 N–H and O–H groups in total. The first-order valence-electron chi connectivity index (χ1n) is 20.1. The van der Waals surface area contributed by atoms with E-state index in [0.29, 0.717) is 18.3 Å². The average Bonchev–Trinajstić information content (AvgIpc) is 3.99. The number of allylic oxidation sites excluding steroid dienone is 3. The maximum atomic E-state index is 9.17. The molecule has 284 valence electrons. The molecule has 0 radical (unpaired) electrons. The van der Waals surface area contributed by atoms with E-state index in [0.717, 1.165) is 50.4 Å². The van der Waals surface area contributed by atoms with Crippen LogP contribution >= 0.6 is 0 Å². The fourth-order valence-electron chi connectivity index (χ4n) is 5.83. The van der Waals surface area contributed by atoms with Crippen LogP contribution in [0.15, 0.2) is 60.8 Å². The van der Waals surface area contributed by atoms with Crippen LogP contribution in [0.3, 0.4) is 0 Å². The summed E-state index contributed by atoms with van der Waals surface area (Å²) in [4.78, 5) is 15.5. The molecule has 1 aliphatic rings. The first-order chi connectivity index (χ1) is 24.3. The van der Waals surface area contributed by atoms with Crippen LogP contribution in [0.2, 0.25) is 0 Å². The summed E-state index contributed by atoms with van der Waals surface area (Å²) >= 11 is 0. The molecule has 1 saturated carbocycles. The van der Waals surface area contributed by atoms with Gasteiger partial charge in [-0.3, -0.25) is 4.98 Å². The van der Waals surface area contributed by atoms with E-state index in [-0.39, 0.29) is 0 Å². The van der Waals surface area contributed by atoms with Gasteiger partial charge in [0.1, 0.15) is 12.0 Å². The summed E-state index contributed by atoms with van der Waals surface area (Å²) < 4.78 is 12.0. The van der Waals surface area contributed by atoms with Gasteiger partial charge in [-0.05, 0) is 118 Å². The van der Waals surface area contributed by atoms with Gasteiger partial charge in [-0.1, -0.05) is 86.8 Å². The molecule has 5 nitrogen and oxygen atoms in total. The zero-order valence-electron chi connectivity index (χ0n) is 34.2. The van der Waals surface area contributed by atoms with E-state index < -0.39 is 0 Å². The van der Waals surface area contributed by atoms with Crippen LogP contribution in [0.4, 0.5) is 5.69 Å². The molecule has 50 heavy (non-hydrogen) atoms. The van der Waals surface area contributed by atoms with Gasteiger partial charge < -0.3 is 19.2 Å². The fraction of sp³-hybridized carbons (Fsp3) is 0.644. The lowest BCUT2D eigenvalue weighted by Crippen LogP contribution is -2.18. The van der Waals surface area contributed by atoms with Crippen LogP contribution in [0.25, 0.3) is 0 Å². The summed E-state index contributed by atoms with van der Waals surface area (Å²) in [5.74, 6) is 4.28. The highest BCUT2D eigenvalue weighted by Gasteiger charge is 2.30. The third-order valence-corrected chi connectivity index (χ3v) is 8.71. The van der Waals surface area contributed by atoms with Gasteiger partial charge >= 0.3 is 0 Å². The Labute approximate surface area is 309 Å². The fourth-order valence-corrected chi connectivity index (χ4v) is 5.83. The second-order valence-corrected chi connectivity index (χ2v) is 13.1. The van der Waals surface area contributed by atoms with Crippen molar-refractivity contribution < 1.29 is 14.3 Å². The lowest BCUT2D eigenvalue weighted by atomic mass is 9.83. The SMILES string of the molecule is C/C=C\O/C(=C\CCC)CCC(C)CC(CC)c1cc(CCC)c(C2CC2)c(OCC)c1.CC.CCC=O.CCCCN(C)c1cccnc1. The minimum atomic E-state index is 0.590.